The van der Waals surface area contributed by atoms with Crippen LogP contribution in [0.2, 0.25) is 0 Å². The molecule has 0 rings (SSSR count). The number of aliphatic hydroxyl groups is 1. The fraction of sp³-hybridized carbons (Fsp3) is 0.667. The molecule has 0 aliphatic heterocycles. The molecule has 0 aromatic heterocycles. The number of nitrogens with one attached hydrogen (secondary N) is 1. The molecule has 0 aromatic carbocycles. The van der Waals surface area contributed by atoms with E-state index in [1.54, 1.807) is 0 Å². The Labute approximate surface area is 76.7 Å². The van der Waals surface area contributed by atoms with Gasteiger partial charge in [-0.1, -0.05) is 0 Å². The number of carboxylic acid groups (broad SMARTS) is 1. The lowest BCUT2D eigenvalue weighted by Gasteiger charge is -2.24. The average molecular weight is 209 g/mol. The molecule has 0 aliphatic rings. The average Bonchev–Trinajstić information content (AvgIpc) is 1.99. The van der Waals surface area contributed by atoms with E-state index < -0.39 is 27.9 Å². The Morgan fingerprint density at radius 3 is 2.38 bits per heavy atom. The van der Waals surface area contributed by atoms with Gasteiger partial charge in [0.05, 0.1) is 5.49 Å². The summed E-state index contributed by atoms with van der Waals surface area (Å²) >= 11 is 0. The molecule has 0 bridgehead atoms. The summed E-state index contributed by atoms with van der Waals surface area (Å²) in [5.74, 6) is -1.42. The molecule has 13 heavy (non-hydrogen) atoms. The van der Waals surface area contributed by atoms with Gasteiger partial charge in [0.2, 0.25) is 10.3 Å². The van der Waals surface area contributed by atoms with E-state index in [4.69, 9.17) is 5.11 Å². The highest BCUT2D eigenvalue weighted by atomic mass is 32.2. The second-order valence-electron chi connectivity index (χ2n) is 2.72. The second kappa shape index (κ2) is 4.35. The first-order chi connectivity index (χ1) is 5.78. The van der Waals surface area contributed by atoms with E-state index in [1.807, 2.05) is 0 Å². The van der Waals surface area contributed by atoms with Gasteiger partial charge in [0.1, 0.15) is 0 Å². The number of rotatable bonds is 4. The molecule has 0 aliphatic carbocycles. The van der Waals surface area contributed by atoms with Gasteiger partial charge >= 0.3 is 5.97 Å². The molecule has 0 aromatic rings. The van der Waals surface area contributed by atoms with Crippen LogP contribution in [0.5, 0.6) is 0 Å². The maximum Gasteiger partial charge on any atom is 0.337 e. The summed E-state index contributed by atoms with van der Waals surface area (Å²) in [6.07, 6.45) is 0. The first-order valence-corrected chi connectivity index (χ1v) is 4.55. The molecule has 0 spiro atoms. The van der Waals surface area contributed by atoms with Crippen molar-refractivity contribution in [3.8, 4) is 0 Å². The molecule has 6 nitrogen and oxygen atoms in total. The number of hydrogen-bond acceptors (Lipinski definition) is 4. The number of aliphatic carboxylic acids is 1. The molecule has 2 atom stereocenters. The Morgan fingerprint density at radius 1 is 1.62 bits per heavy atom. The fourth-order valence-corrected chi connectivity index (χ4v) is 0.820. The van der Waals surface area contributed by atoms with Crippen LogP contribution < -0.4 is 5.32 Å². The van der Waals surface area contributed by atoms with Gasteiger partial charge in [0, 0.05) is 6.04 Å². The van der Waals surface area contributed by atoms with Crippen LogP contribution in [-0.2, 0) is 15.1 Å². The first kappa shape index (κ1) is 12.1. The summed E-state index contributed by atoms with van der Waals surface area (Å²) < 4.78 is 20.1. The van der Waals surface area contributed by atoms with Crippen molar-refractivity contribution in [2.24, 2.45) is 0 Å². The van der Waals surface area contributed by atoms with Crippen LogP contribution in [0.4, 0.5) is 0 Å². The largest absolute Gasteiger partial charge is 0.479 e. The fourth-order valence-electron chi connectivity index (χ4n) is 0.505. The standard InChI is InChI=1S/C6H11NO5S/c1-4(7-3-13(11)12)6(2,10)5(8)9/h3-4,7,10H,1-2H3,(H,8,9). The Bertz CT molecular complexity index is 310. The molecular weight excluding hydrogens is 198 g/mol. The quantitative estimate of drug-likeness (QED) is 0.484. The minimum atomic E-state index is -2.42. The van der Waals surface area contributed by atoms with Crippen LogP contribution >= 0.6 is 0 Å². The minimum absolute atomic E-state index is 0.683. The van der Waals surface area contributed by atoms with E-state index in [1.165, 1.54) is 6.92 Å². The van der Waals surface area contributed by atoms with E-state index in [2.05, 4.69) is 5.32 Å². The molecule has 0 heterocycles. The zero-order chi connectivity index (χ0) is 10.6. The molecule has 76 valence electrons. The lowest BCUT2D eigenvalue weighted by Crippen LogP contribution is -2.52. The number of carboxylic acids is 1. The van der Waals surface area contributed by atoms with Gasteiger partial charge in [0.15, 0.2) is 5.60 Å². The van der Waals surface area contributed by atoms with Crippen molar-refractivity contribution < 1.29 is 23.4 Å². The topological polar surface area (TPSA) is 104 Å². The van der Waals surface area contributed by atoms with Crippen molar-refractivity contribution in [2.75, 3.05) is 0 Å². The summed E-state index contributed by atoms with van der Waals surface area (Å²) in [5, 5.41) is 20.0. The molecule has 2 unspecified atom stereocenters. The Kier molecular flexibility index (Phi) is 4.05. The maximum absolute atomic E-state index is 10.4. The Hall–Kier alpha value is -0.920. The summed E-state index contributed by atoms with van der Waals surface area (Å²) in [7, 11) is -2.42. The van der Waals surface area contributed by atoms with Crippen molar-refractivity contribution in [3.05, 3.63) is 0 Å². The first-order valence-electron chi connectivity index (χ1n) is 3.41. The molecule has 0 saturated carbocycles. The lowest BCUT2D eigenvalue weighted by atomic mass is 9.99. The van der Waals surface area contributed by atoms with Gasteiger partial charge in [-0.3, -0.25) is 5.32 Å². The summed E-state index contributed by atoms with van der Waals surface area (Å²) in [6, 6.07) is -0.900. The Morgan fingerprint density at radius 2 is 2.08 bits per heavy atom. The van der Waals surface area contributed by atoms with Gasteiger partial charge in [-0.2, -0.15) is 8.42 Å². The summed E-state index contributed by atoms with van der Waals surface area (Å²) in [5.41, 5.74) is -1.32. The van der Waals surface area contributed by atoms with Crippen LogP contribution in [0.1, 0.15) is 13.8 Å². The number of carbonyl (C=O) groups is 1. The van der Waals surface area contributed by atoms with Crippen molar-refractivity contribution in [1.82, 2.24) is 5.32 Å². The summed E-state index contributed by atoms with van der Waals surface area (Å²) in [4.78, 5) is 10.4. The molecule has 3 N–H and O–H groups in total. The van der Waals surface area contributed by atoms with E-state index in [-0.39, 0.29) is 0 Å². The predicted octanol–water partition coefficient (Wildman–Crippen LogP) is -1.56. The van der Waals surface area contributed by atoms with Crippen LogP contribution in [0.15, 0.2) is 0 Å². The van der Waals surface area contributed by atoms with Crippen LogP contribution in [0, 0.1) is 0 Å². The van der Waals surface area contributed by atoms with Crippen molar-refractivity contribution in [3.63, 3.8) is 0 Å². The zero-order valence-electron chi connectivity index (χ0n) is 7.18. The summed E-state index contributed by atoms with van der Waals surface area (Å²) in [6.45, 7) is 2.44. The third-order valence-electron chi connectivity index (χ3n) is 1.69. The van der Waals surface area contributed by atoms with Crippen LogP contribution in [0.3, 0.4) is 0 Å². The highest BCUT2D eigenvalue weighted by molar-refractivity contribution is 7.71. The highest BCUT2D eigenvalue weighted by Gasteiger charge is 2.36. The van der Waals surface area contributed by atoms with Crippen molar-refractivity contribution in [2.45, 2.75) is 25.5 Å². The SMILES string of the molecule is CC(NC=S(=O)=O)C(C)(O)C(=O)O. The Balaban J connectivity index is 4.51. The van der Waals surface area contributed by atoms with E-state index in [0.717, 1.165) is 6.92 Å². The van der Waals surface area contributed by atoms with Gasteiger partial charge in [-0.25, -0.2) is 4.79 Å². The monoisotopic (exact) mass is 209 g/mol. The predicted molar refractivity (Wildman–Crippen MR) is 45.8 cm³/mol. The molecule has 0 fully saturated rings. The third-order valence-corrected chi connectivity index (χ3v) is 2.02. The van der Waals surface area contributed by atoms with E-state index >= 15 is 0 Å². The molecule has 0 radical (unpaired) electrons. The smallest absolute Gasteiger partial charge is 0.337 e. The molecule has 0 saturated heterocycles. The van der Waals surface area contributed by atoms with Gasteiger partial charge in [-0.15, -0.1) is 0 Å². The molecule has 0 amide bonds. The highest BCUT2D eigenvalue weighted by Crippen LogP contribution is 2.08. The third kappa shape index (κ3) is 3.53. The van der Waals surface area contributed by atoms with Gasteiger partial charge in [-0.05, 0) is 13.8 Å². The molecule has 7 heteroatoms. The van der Waals surface area contributed by atoms with E-state index in [0.29, 0.717) is 5.49 Å². The van der Waals surface area contributed by atoms with Crippen LogP contribution in [-0.4, -0.2) is 41.7 Å². The normalized spacial score (nSPS) is 17.2. The second-order valence-corrected chi connectivity index (χ2v) is 3.48. The van der Waals surface area contributed by atoms with Crippen molar-refractivity contribution >= 4 is 21.8 Å². The lowest BCUT2D eigenvalue weighted by molar-refractivity contribution is -0.158. The minimum Gasteiger partial charge on any atom is -0.479 e. The van der Waals surface area contributed by atoms with Crippen LogP contribution in [0.25, 0.3) is 0 Å². The molecular formula is C6H11NO5S. The van der Waals surface area contributed by atoms with E-state index in [9.17, 15) is 18.3 Å². The van der Waals surface area contributed by atoms with Crippen molar-refractivity contribution in [1.29, 1.82) is 0 Å². The zero-order valence-corrected chi connectivity index (χ0v) is 8.00. The van der Waals surface area contributed by atoms with Gasteiger partial charge in [0.25, 0.3) is 0 Å². The number of hydrogen-bond donors (Lipinski definition) is 3. The maximum atomic E-state index is 10.4. The van der Waals surface area contributed by atoms with Gasteiger partial charge < -0.3 is 10.2 Å².